The first-order valence-corrected chi connectivity index (χ1v) is 16.7. The Kier molecular flexibility index (Phi) is 7.76. The molecular formula is C46H36N2. The van der Waals surface area contributed by atoms with Crippen LogP contribution in [0, 0.1) is 0 Å². The van der Waals surface area contributed by atoms with Crippen molar-refractivity contribution in [2.24, 2.45) is 0 Å². The molecule has 48 heavy (non-hydrogen) atoms. The van der Waals surface area contributed by atoms with Crippen LogP contribution in [0.15, 0.2) is 170 Å². The molecule has 0 N–H and O–H groups in total. The number of benzene rings is 7. The van der Waals surface area contributed by atoms with Gasteiger partial charge in [0, 0.05) is 5.69 Å². The third-order valence-electron chi connectivity index (χ3n) is 9.34. The zero-order valence-corrected chi connectivity index (χ0v) is 27.1. The van der Waals surface area contributed by atoms with Gasteiger partial charge in [0.25, 0.3) is 0 Å². The molecule has 0 saturated heterocycles. The van der Waals surface area contributed by atoms with E-state index in [9.17, 15) is 0 Å². The third-order valence-corrected chi connectivity index (χ3v) is 9.34. The lowest BCUT2D eigenvalue weighted by Gasteiger charge is -2.19. The number of rotatable bonds is 8. The van der Waals surface area contributed by atoms with Crippen molar-refractivity contribution in [1.29, 1.82) is 0 Å². The summed E-state index contributed by atoms with van der Waals surface area (Å²) in [7, 11) is 0. The molecule has 0 atom stereocenters. The maximum absolute atomic E-state index is 5.08. The van der Waals surface area contributed by atoms with Gasteiger partial charge >= 0.3 is 0 Å². The second-order valence-corrected chi connectivity index (χ2v) is 12.3. The van der Waals surface area contributed by atoms with Gasteiger partial charge in [0.05, 0.1) is 11.0 Å². The van der Waals surface area contributed by atoms with Crippen LogP contribution >= 0.6 is 0 Å². The maximum atomic E-state index is 5.08. The molecule has 8 rings (SSSR count). The second-order valence-electron chi connectivity index (χ2n) is 12.3. The molecular weight excluding hydrogens is 581 g/mol. The summed E-state index contributed by atoms with van der Waals surface area (Å²) in [6.45, 7) is 6.05. The standard InChI is InChI=1S/C46H36N2/c1-3-4-7-16-32(2)46-47-42-23-14-15-24-43(42)48(46)37-28-25-35(26-29-37)45-39-22-13-12-21-38(39)44(34-19-10-6-11-20-34)40-30-27-36(31-41(40)45)33-17-8-5-9-18-33/h3,5-6,8-31H,1,4,7H2,2H3/b32-16+. The lowest BCUT2D eigenvalue weighted by Crippen LogP contribution is -2.00. The number of aromatic nitrogens is 2. The van der Waals surface area contributed by atoms with Gasteiger partial charge in [-0.15, -0.1) is 6.58 Å². The summed E-state index contributed by atoms with van der Waals surface area (Å²) in [5.41, 5.74) is 11.7. The highest BCUT2D eigenvalue weighted by Gasteiger charge is 2.19. The van der Waals surface area contributed by atoms with Gasteiger partial charge in [0.2, 0.25) is 0 Å². The van der Waals surface area contributed by atoms with E-state index in [2.05, 4.69) is 176 Å². The van der Waals surface area contributed by atoms with Gasteiger partial charge in [-0.2, -0.15) is 0 Å². The van der Waals surface area contributed by atoms with Gasteiger partial charge in [-0.25, -0.2) is 4.98 Å². The molecule has 8 aromatic rings. The topological polar surface area (TPSA) is 17.8 Å². The van der Waals surface area contributed by atoms with Crippen LogP contribution in [0.25, 0.3) is 77.2 Å². The van der Waals surface area contributed by atoms with E-state index in [1.165, 1.54) is 60.5 Å². The molecule has 0 aliphatic heterocycles. The maximum Gasteiger partial charge on any atom is 0.141 e. The van der Waals surface area contributed by atoms with E-state index in [1.807, 2.05) is 6.08 Å². The van der Waals surface area contributed by atoms with Crippen LogP contribution in [0.4, 0.5) is 0 Å². The lowest BCUT2D eigenvalue weighted by atomic mass is 9.85. The lowest BCUT2D eigenvalue weighted by molar-refractivity contribution is 1.02. The van der Waals surface area contributed by atoms with Crippen molar-refractivity contribution in [2.75, 3.05) is 0 Å². The number of para-hydroxylation sites is 2. The Hall–Kier alpha value is -5.99. The number of imidazole rings is 1. The Morgan fingerprint density at radius 2 is 1.12 bits per heavy atom. The van der Waals surface area contributed by atoms with Gasteiger partial charge in [-0.1, -0.05) is 133 Å². The van der Waals surface area contributed by atoms with Gasteiger partial charge < -0.3 is 0 Å². The average molecular weight is 617 g/mol. The zero-order chi connectivity index (χ0) is 32.5. The quantitative estimate of drug-likeness (QED) is 0.0943. The van der Waals surface area contributed by atoms with Crippen molar-refractivity contribution in [2.45, 2.75) is 19.8 Å². The Morgan fingerprint density at radius 3 is 1.83 bits per heavy atom. The first-order valence-electron chi connectivity index (χ1n) is 16.7. The Labute approximate surface area is 282 Å². The fraction of sp³-hybridized carbons (Fsp3) is 0.0652. The Bertz CT molecular complexity index is 2450. The van der Waals surface area contributed by atoms with Crippen LogP contribution in [0.3, 0.4) is 0 Å². The van der Waals surface area contributed by atoms with Crippen LogP contribution < -0.4 is 0 Å². The minimum absolute atomic E-state index is 0.946. The highest BCUT2D eigenvalue weighted by atomic mass is 15.1. The summed E-state index contributed by atoms with van der Waals surface area (Å²) in [5, 5.41) is 5.00. The van der Waals surface area contributed by atoms with Gasteiger partial charge in [-0.05, 0) is 111 Å². The van der Waals surface area contributed by atoms with Crippen molar-refractivity contribution in [3.05, 3.63) is 176 Å². The highest BCUT2D eigenvalue weighted by molar-refractivity contribution is 6.22. The Balaban J connectivity index is 1.36. The molecule has 230 valence electrons. The summed E-state index contributed by atoms with van der Waals surface area (Å²) in [6, 6.07) is 54.8. The minimum atomic E-state index is 0.946. The van der Waals surface area contributed by atoms with Crippen LogP contribution in [0.2, 0.25) is 0 Å². The predicted octanol–water partition coefficient (Wildman–Crippen LogP) is 12.7. The molecule has 2 nitrogen and oxygen atoms in total. The minimum Gasteiger partial charge on any atom is -0.293 e. The van der Waals surface area contributed by atoms with E-state index in [0.717, 1.165) is 35.4 Å². The number of fused-ring (bicyclic) bond motifs is 3. The van der Waals surface area contributed by atoms with Crippen molar-refractivity contribution in [3.63, 3.8) is 0 Å². The van der Waals surface area contributed by atoms with Gasteiger partial charge in [0.1, 0.15) is 5.82 Å². The molecule has 1 aromatic heterocycles. The summed E-state index contributed by atoms with van der Waals surface area (Å²) in [5.74, 6) is 0.976. The van der Waals surface area contributed by atoms with Crippen LogP contribution in [0.1, 0.15) is 25.6 Å². The Morgan fingerprint density at radius 1 is 0.562 bits per heavy atom. The van der Waals surface area contributed by atoms with Gasteiger partial charge in [-0.3, -0.25) is 4.57 Å². The summed E-state index contributed by atoms with van der Waals surface area (Å²) >= 11 is 0. The smallest absolute Gasteiger partial charge is 0.141 e. The van der Waals surface area contributed by atoms with E-state index in [1.54, 1.807) is 0 Å². The number of unbranched alkanes of at least 4 members (excludes halogenated alkanes) is 1. The molecule has 0 fully saturated rings. The molecule has 0 bridgehead atoms. The largest absolute Gasteiger partial charge is 0.293 e. The van der Waals surface area contributed by atoms with E-state index in [0.29, 0.717) is 0 Å². The molecule has 7 aromatic carbocycles. The molecule has 2 heteroatoms. The van der Waals surface area contributed by atoms with Crippen molar-refractivity contribution >= 4 is 38.2 Å². The predicted molar refractivity (Wildman–Crippen MR) is 205 cm³/mol. The molecule has 0 amide bonds. The highest BCUT2D eigenvalue weighted by Crippen LogP contribution is 2.45. The molecule has 0 saturated carbocycles. The fourth-order valence-electron chi connectivity index (χ4n) is 7.05. The van der Waals surface area contributed by atoms with E-state index in [-0.39, 0.29) is 0 Å². The summed E-state index contributed by atoms with van der Waals surface area (Å²) < 4.78 is 2.29. The molecule has 0 aliphatic rings. The average Bonchev–Trinajstić information content (AvgIpc) is 3.54. The second kappa shape index (κ2) is 12.7. The van der Waals surface area contributed by atoms with Crippen LogP contribution in [0.5, 0.6) is 0 Å². The van der Waals surface area contributed by atoms with E-state index >= 15 is 0 Å². The number of nitrogens with zero attached hydrogens (tertiary/aromatic N) is 2. The SMILES string of the molecule is C=CCC/C=C(\C)c1nc2ccccc2n1-c1ccc(-c2c3ccccc3c(-c3ccccc3)c3ccc(-c4ccccc4)cc23)cc1. The fourth-order valence-corrected chi connectivity index (χ4v) is 7.05. The van der Waals surface area contributed by atoms with E-state index in [4.69, 9.17) is 4.98 Å². The monoisotopic (exact) mass is 616 g/mol. The molecule has 0 aliphatic carbocycles. The van der Waals surface area contributed by atoms with E-state index < -0.39 is 0 Å². The number of allylic oxidation sites excluding steroid dienone is 3. The van der Waals surface area contributed by atoms with Crippen LogP contribution in [-0.2, 0) is 0 Å². The van der Waals surface area contributed by atoms with Crippen molar-refractivity contribution in [1.82, 2.24) is 9.55 Å². The zero-order valence-electron chi connectivity index (χ0n) is 27.1. The van der Waals surface area contributed by atoms with Crippen LogP contribution in [-0.4, -0.2) is 9.55 Å². The first-order chi connectivity index (χ1) is 23.7. The molecule has 0 radical (unpaired) electrons. The molecule has 1 heterocycles. The molecule has 0 unspecified atom stereocenters. The van der Waals surface area contributed by atoms with Crippen molar-refractivity contribution < 1.29 is 0 Å². The summed E-state index contributed by atoms with van der Waals surface area (Å²) in [4.78, 5) is 5.08. The third kappa shape index (κ3) is 5.22. The van der Waals surface area contributed by atoms with Crippen molar-refractivity contribution in [3.8, 4) is 39.1 Å². The molecule has 0 spiro atoms. The number of hydrogen-bond acceptors (Lipinski definition) is 1. The normalized spacial score (nSPS) is 11.8. The number of hydrogen-bond donors (Lipinski definition) is 0. The summed E-state index contributed by atoms with van der Waals surface area (Å²) in [6.07, 6.45) is 6.13. The first kappa shape index (κ1) is 29.4. The van der Waals surface area contributed by atoms with Gasteiger partial charge in [0.15, 0.2) is 0 Å².